The zero-order valence-electron chi connectivity index (χ0n) is 11.0. The summed E-state index contributed by atoms with van der Waals surface area (Å²) >= 11 is 8.91. The topological polar surface area (TPSA) is 63.8 Å². The molecule has 0 atom stereocenters. The lowest BCUT2D eigenvalue weighted by atomic mass is 10.1. The Hall–Kier alpha value is -1.63. The van der Waals surface area contributed by atoms with Crippen LogP contribution in [0.5, 0.6) is 0 Å². The van der Waals surface area contributed by atoms with Gasteiger partial charge < -0.3 is 11.1 Å². The molecule has 0 aliphatic rings. The minimum absolute atomic E-state index is 0.537. The third kappa shape index (κ3) is 3.34. The van der Waals surface area contributed by atoms with E-state index < -0.39 is 0 Å². The van der Waals surface area contributed by atoms with Gasteiger partial charge in [-0.15, -0.1) is 11.3 Å². The minimum atomic E-state index is 0.537. The summed E-state index contributed by atoms with van der Waals surface area (Å²) in [6.45, 7) is 0.811. The number of hydrogen-bond donors (Lipinski definition) is 2. The lowest BCUT2D eigenvalue weighted by Gasteiger charge is -2.06. The third-order valence-corrected chi connectivity index (χ3v) is 5.06. The summed E-state index contributed by atoms with van der Waals surface area (Å²) < 4.78 is 5.06. The van der Waals surface area contributed by atoms with Crippen LogP contribution in [0.15, 0.2) is 36.7 Å². The molecule has 0 saturated carbocycles. The van der Waals surface area contributed by atoms with Crippen LogP contribution in [0.3, 0.4) is 0 Å². The van der Waals surface area contributed by atoms with Crippen LogP contribution in [0, 0.1) is 0 Å². The molecule has 0 aliphatic heterocycles. The first-order valence-corrected chi connectivity index (χ1v) is 8.34. The zero-order valence-corrected chi connectivity index (χ0v) is 13.4. The summed E-state index contributed by atoms with van der Waals surface area (Å²) in [5, 5.41) is 4.38. The first kappa shape index (κ1) is 14.3. The van der Waals surface area contributed by atoms with Gasteiger partial charge in [-0.3, -0.25) is 4.98 Å². The highest BCUT2D eigenvalue weighted by Gasteiger charge is 2.13. The molecule has 0 spiro atoms. The number of nitrogens with zero attached hydrogens (tertiary/aromatic N) is 2. The standard InChI is InChI=1S/C14H13ClN4S2/c15-11-4-3-10(20-11)5-7-18-14-12(13(16)19-21-14)9-2-1-6-17-8-9/h1-4,6,8,18H,5,7H2,(H2,16,19). The maximum absolute atomic E-state index is 5.98. The molecule has 4 nitrogen and oxygen atoms in total. The second-order valence-electron chi connectivity index (χ2n) is 4.40. The largest absolute Gasteiger partial charge is 0.382 e. The molecule has 0 amide bonds. The van der Waals surface area contributed by atoms with Crippen LogP contribution >= 0.6 is 34.5 Å². The average molecular weight is 337 g/mol. The van der Waals surface area contributed by atoms with Crippen LogP contribution in [0.2, 0.25) is 4.34 Å². The molecule has 0 aromatic carbocycles. The summed E-state index contributed by atoms with van der Waals surface area (Å²) in [6, 6.07) is 7.85. The summed E-state index contributed by atoms with van der Waals surface area (Å²) in [5.74, 6) is 0.537. The highest BCUT2D eigenvalue weighted by molar-refractivity contribution is 7.16. The normalized spacial score (nSPS) is 10.7. The molecule has 3 aromatic heterocycles. The number of halogens is 1. The fourth-order valence-electron chi connectivity index (χ4n) is 2.00. The lowest BCUT2D eigenvalue weighted by molar-refractivity contribution is 1.05. The lowest BCUT2D eigenvalue weighted by Crippen LogP contribution is -2.03. The summed E-state index contributed by atoms with van der Waals surface area (Å²) in [6.07, 6.45) is 4.46. The van der Waals surface area contributed by atoms with E-state index in [-0.39, 0.29) is 0 Å². The van der Waals surface area contributed by atoms with E-state index in [4.69, 9.17) is 17.3 Å². The summed E-state index contributed by atoms with van der Waals surface area (Å²) in [4.78, 5) is 5.39. The van der Waals surface area contributed by atoms with Crippen molar-refractivity contribution in [1.29, 1.82) is 0 Å². The van der Waals surface area contributed by atoms with Gasteiger partial charge in [0.05, 0.1) is 9.90 Å². The molecule has 3 aromatic rings. The van der Waals surface area contributed by atoms with Crippen molar-refractivity contribution in [2.45, 2.75) is 6.42 Å². The smallest absolute Gasteiger partial charge is 0.147 e. The van der Waals surface area contributed by atoms with Gasteiger partial charge in [-0.2, -0.15) is 4.37 Å². The van der Waals surface area contributed by atoms with Gasteiger partial charge in [0.1, 0.15) is 10.8 Å². The quantitative estimate of drug-likeness (QED) is 0.734. The van der Waals surface area contributed by atoms with Crippen LogP contribution in [0.25, 0.3) is 11.1 Å². The maximum atomic E-state index is 5.98. The van der Waals surface area contributed by atoms with Crippen molar-refractivity contribution in [2.24, 2.45) is 0 Å². The molecule has 3 N–H and O–H groups in total. The average Bonchev–Trinajstić information content (AvgIpc) is 3.06. The Morgan fingerprint density at radius 1 is 1.29 bits per heavy atom. The molecule has 0 aliphatic carbocycles. The van der Waals surface area contributed by atoms with Crippen molar-refractivity contribution in [1.82, 2.24) is 9.36 Å². The Labute approximate surface area is 135 Å². The molecule has 0 fully saturated rings. The van der Waals surface area contributed by atoms with Gasteiger partial charge in [0, 0.05) is 29.4 Å². The highest BCUT2D eigenvalue weighted by atomic mass is 35.5. The van der Waals surface area contributed by atoms with Crippen molar-refractivity contribution >= 4 is 45.3 Å². The Bertz CT molecular complexity index is 724. The molecule has 0 saturated heterocycles. The van der Waals surface area contributed by atoms with Gasteiger partial charge in [0.25, 0.3) is 0 Å². The molecular weight excluding hydrogens is 324 g/mol. The van der Waals surface area contributed by atoms with Gasteiger partial charge in [0.2, 0.25) is 0 Å². The monoisotopic (exact) mass is 336 g/mol. The SMILES string of the molecule is Nc1nsc(NCCc2ccc(Cl)s2)c1-c1cccnc1. The number of rotatable bonds is 5. The Morgan fingerprint density at radius 3 is 2.90 bits per heavy atom. The molecule has 108 valence electrons. The van der Waals surface area contributed by atoms with Gasteiger partial charge in [-0.25, -0.2) is 0 Å². The summed E-state index contributed by atoms with van der Waals surface area (Å²) in [5.41, 5.74) is 7.88. The van der Waals surface area contributed by atoms with Crippen LogP contribution in [-0.2, 0) is 6.42 Å². The van der Waals surface area contributed by atoms with Crippen molar-refractivity contribution in [3.8, 4) is 11.1 Å². The molecule has 21 heavy (non-hydrogen) atoms. The van der Waals surface area contributed by atoms with Crippen LogP contribution in [-0.4, -0.2) is 15.9 Å². The van der Waals surface area contributed by atoms with Gasteiger partial charge in [-0.1, -0.05) is 17.7 Å². The fraction of sp³-hybridized carbons (Fsp3) is 0.143. The summed E-state index contributed by atoms with van der Waals surface area (Å²) in [7, 11) is 0. The van der Waals surface area contributed by atoms with Crippen molar-refractivity contribution in [3.63, 3.8) is 0 Å². The molecule has 0 bridgehead atoms. The van der Waals surface area contributed by atoms with E-state index in [9.17, 15) is 0 Å². The van der Waals surface area contributed by atoms with Crippen molar-refractivity contribution in [2.75, 3.05) is 17.6 Å². The molecule has 3 rings (SSSR count). The van der Waals surface area contributed by atoms with E-state index in [1.807, 2.05) is 18.2 Å². The molecule has 7 heteroatoms. The fourth-order valence-corrected chi connectivity index (χ4v) is 3.85. The van der Waals surface area contributed by atoms with E-state index in [2.05, 4.69) is 20.7 Å². The minimum Gasteiger partial charge on any atom is -0.382 e. The van der Waals surface area contributed by atoms with Crippen LogP contribution < -0.4 is 11.1 Å². The van der Waals surface area contributed by atoms with Gasteiger partial charge in [-0.05, 0) is 36.2 Å². The van der Waals surface area contributed by atoms with Gasteiger partial charge in [0.15, 0.2) is 0 Å². The van der Waals surface area contributed by atoms with Crippen molar-refractivity contribution < 1.29 is 0 Å². The van der Waals surface area contributed by atoms with E-state index in [0.29, 0.717) is 5.82 Å². The molecular formula is C14H13ClN4S2. The number of anilines is 2. The number of hydrogen-bond acceptors (Lipinski definition) is 6. The number of nitrogen functional groups attached to an aromatic ring is 1. The number of nitrogens with two attached hydrogens (primary N) is 1. The molecule has 0 unspecified atom stereocenters. The second kappa shape index (κ2) is 6.43. The molecule has 0 radical (unpaired) electrons. The van der Waals surface area contributed by atoms with E-state index in [0.717, 1.165) is 33.4 Å². The van der Waals surface area contributed by atoms with Crippen molar-refractivity contribution in [3.05, 3.63) is 45.9 Å². The number of aromatic nitrogens is 2. The Balaban J connectivity index is 1.72. The second-order valence-corrected chi connectivity index (χ2v) is 6.97. The first-order chi connectivity index (χ1) is 10.2. The number of nitrogens with one attached hydrogen (secondary N) is 1. The highest BCUT2D eigenvalue weighted by Crippen LogP contribution is 2.36. The number of pyridine rings is 1. The van der Waals surface area contributed by atoms with Crippen LogP contribution in [0.4, 0.5) is 10.8 Å². The zero-order chi connectivity index (χ0) is 14.7. The van der Waals surface area contributed by atoms with E-state index in [1.165, 1.54) is 16.4 Å². The Morgan fingerprint density at radius 2 is 2.19 bits per heavy atom. The van der Waals surface area contributed by atoms with Gasteiger partial charge >= 0.3 is 0 Å². The van der Waals surface area contributed by atoms with Crippen LogP contribution in [0.1, 0.15) is 4.88 Å². The third-order valence-electron chi connectivity index (χ3n) is 2.95. The first-order valence-electron chi connectivity index (χ1n) is 6.37. The Kier molecular flexibility index (Phi) is 4.38. The molecule has 3 heterocycles. The predicted octanol–water partition coefficient (Wildman–Crippen LogP) is 4.16. The van der Waals surface area contributed by atoms with E-state index >= 15 is 0 Å². The number of thiophene rings is 1. The predicted molar refractivity (Wildman–Crippen MR) is 91.3 cm³/mol. The van der Waals surface area contributed by atoms with E-state index in [1.54, 1.807) is 23.7 Å². The maximum Gasteiger partial charge on any atom is 0.147 e.